The minimum atomic E-state index is -1.16. The summed E-state index contributed by atoms with van der Waals surface area (Å²) in [6.45, 7) is 0. The number of primary amides is 1. The number of para-hydroxylation sites is 1. The number of benzene rings is 2. The van der Waals surface area contributed by atoms with Crippen molar-refractivity contribution in [3.05, 3.63) is 52.0 Å². The third-order valence-electron chi connectivity index (χ3n) is 2.51. The summed E-state index contributed by atoms with van der Waals surface area (Å²) in [5.74, 6) is -3.31. The normalized spacial score (nSPS) is 10.3. The molecule has 0 spiro atoms. The first-order valence-corrected chi connectivity index (χ1v) is 6.20. The highest BCUT2D eigenvalue weighted by Crippen LogP contribution is 2.33. The van der Waals surface area contributed by atoms with Crippen LogP contribution >= 0.6 is 15.9 Å². The Morgan fingerprint density at radius 2 is 1.90 bits per heavy atom. The Hall–Kier alpha value is -2.15. The van der Waals surface area contributed by atoms with Crippen molar-refractivity contribution in [2.45, 2.75) is 0 Å². The molecule has 0 atom stereocenters. The van der Waals surface area contributed by atoms with Crippen molar-refractivity contribution in [2.24, 2.45) is 5.73 Å². The van der Waals surface area contributed by atoms with Crippen LogP contribution in [0.25, 0.3) is 0 Å². The first-order chi connectivity index (χ1) is 9.40. The molecular weight excluding hydrogens is 334 g/mol. The third-order valence-corrected chi connectivity index (χ3v) is 2.97. The summed E-state index contributed by atoms with van der Waals surface area (Å²) in [4.78, 5) is 11.1. The number of nitrogens with two attached hydrogens (primary N) is 2. The molecular formula is C13H9BrF2N2O2. The van der Waals surface area contributed by atoms with Crippen LogP contribution in [0.5, 0.6) is 11.5 Å². The summed E-state index contributed by atoms with van der Waals surface area (Å²) in [5.41, 5.74) is 10.8. The van der Waals surface area contributed by atoms with Crippen molar-refractivity contribution in [1.82, 2.24) is 0 Å². The van der Waals surface area contributed by atoms with E-state index in [-0.39, 0.29) is 22.7 Å². The lowest BCUT2D eigenvalue weighted by Gasteiger charge is -2.11. The van der Waals surface area contributed by atoms with Gasteiger partial charge in [-0.2, -0.15) is 4.39 Å². The molecule has 0 aliphatic heterocycles. The third kappa shape index (κ3) is 2.72. The maximum Gasteiger partial charge on any atom is 0.250 e. The van der Waals surface area contributed by atoms with Gasteiger partial charge in [-0.05, 0) is 24.3 Å². The average Bonchev–Trinajstić information content (AvgIpc) is 2.37. The van der Waals surface area contributed by atoms with E-state index in [1.807, 2.05) is 0 Å². The fraction of sp³-hybridized carbons (Fsp3) is 0. The van der Waals surface area contributed by atoms with E-state index in [4.69, 9.17) is 16.2 Å². The number of ether oxygens (including phenoxy) is 1. The highest BCUT2D eigenvalue weighted by Gasteiger charge is 2.15. The van der Waals surface area contributed by atoms with Gasteiger partial charge in [0.2, 0.25) is 5.82 Å². The molecule has 2 rings (SSSR count). The van der Waals surface area contributed by atoms with Crippen molar-refractivity contribution < 1.29 is 18.3 Å². The standard InChI is InChI=1S/C13H9BrF2N2O2/c14-6-4-8(15)11(16)10(5-6)20-9-3-1-2-7(12(9)17)13(18)19/h1-5H,17H2,(H2,18,19). The molecule has 0 bridgehead atoms. The Kier molecular flexibility index (Phi) is 3.89. The van der Waals surface area contributed by atoms with Gasteiger partial charge in [0.05, 0.1) is 11.3 Å². The van der Waals surface area contributed by atoms with Crippen LogP contribution in [0.4, 0.5) is 14.5 Å². The van der Waals surface area contributed by atoms with E-state index in [9.17, 15) is 13.6 Å². The number of hydrogen-bond donors (Lipinski definition) is 2. The summed E-state index contributed by atoms with van der Waals surface area (Å²) in [5, 5.41) is 0. The molecule has 0 aliphatic carbocycles. The summed E-state index contributed by atoms with van der Waals surface area (Å²) < 4.78 is 32.4. The zero-order chi connectivity index (χ0) is 14.9. The van der Waals surface area contributed by atoms with Gasteiger partial charge < -0.3 is 16.2 Å². The second-order valence-electron chi connectivity index (χ2n) is 3.88. The van der Waals surface area contributed by atoms with Gasteiger partial charge in [0.25, 0.3) is 5.91 Å². The highest BCUT2D eigenvalue weighted by atomic mass is 79.9. The van der Waals surface area contributed by atoms with E-state index >= 15 is 0 Å². The van der Waals surface area contributed by atoms with E-state index in [1.165, 1.54) is 24.3 Å². The minimum Gasteiger partial charge on any atom is -0.452 e. The van der Waals surface area contributed by atoms with Crippen LogP contribution in [-0.2, 0) is 0 Å². The van der Waals surface area contributed by atoms with Crippen molar-refractivity contribution >= 4 is 27.5 Å². The van der Waals surface area contributed by atoms with Crippen molar-refractivity contribution in [3.8, 4) is 11.5 Å². The SMILES string of the molecule is NC(=O)c1cccc(Oc2cc(Br)cc(F)c2F)c1N. The molecule has 0 aliphatic rings. The zero-order valence-corrected chi connectivity index (χ0v) is 11.6. The largest absolute Gasteiger partial charge is 0.452 e. The fourth-order valence-corrected chi connectivity index (χ4v) is 1.98. The van der Waals surface area contributed by atoms with E-state index in [1.54, 1.807) is 0 Å². The molecule has 0 aromatic heterocycles. The van der Waals surface area contributed by atoms with Crippen LogP contribution in [-0.4, -0.2) is 5.91 Å². The van der Waals surface area contributed by atoms with Crippen molar-refractivity contribution in [1.29, 1.82) is 0 Å². The summed E-state index contributed by atoms with van der Waals surface area (Å²) in [7, 11) is 0. The molecule has 0 saturated heterocycles. The number of anilines is 1. The predicted molar refractivity (Wildman–Crippen MR) is 73.5 cm³/mol. The number of halogens is 3. The number of amides is 1. The van der Waals surface area contributed by atoms with Crippen LogP contribution in [0, 0.1) is 11.6 Å². The second kappa shape index (κ2) is 5.46. The van der Waals surface area contributed by atoms with Crippen molar-refractivity contribution in [2.75, 3.05) is 5.73 Å². The molecule has 7 heteroatoms. The topological polar surface area (TPSA) is 78.3 Å². The van der Waals surface area contributed by atoms with Crippen LogP contribution < -0.4 is 16.2 Å². The number of carbonyl (C=O) groups is 1. The molecule has 2 aromatic rings. The molecule has 0 heterocycles. The summed E-state index contributed by atoms with van der Waals surface area (Å²) in [6.07, 6.45) is 0. The lowest BCUT2D eigenvalue weighted by molar-refractivity contribution is 0.100. The van der Waals surface area contributed by atoms with Gasteiger partial charge in [-0.3, -0.25) is 4.79 Å². The summed E-state index contributed by atoms with van der Waals surface area (Å²) in [6, 6.07) is 6.50. The molecule has 0 radical (unpaired) electrons. The average molecular weight is 343 g/mol. The molecule has 0 fully saturated rings. The van der Waals surface area contributed by atoms with E-state index in [0.29, 0.717) is 4.47 Å². The van der Waals surface area contributed by atoms with E-state index in [2.05, 4.69) is 15.9 Å². The van der Waals surface area contributed by atoms with Crippen LogP contribution in [0.15, 0.2) is 34.8 Å². The van der Waals surface area contributed by atoms with Gasteiger partial charge in [0.15, 0.2) is 17.3 Å². The molecule has 20 heavy (non-hydrogen) atoms. The molecule has 1 amide bonds. The summed E-state index contributed by atoms with van der Waals surface area (Å²) >= 11 is 3.02. The van der Waals surface area contributed by atoms with Crippen molar-refractivity contribution in [3.63, 3.8) is 0 Å². The van der Waals surface area contributed by atoms with Gasteiger partial charge in [-0.25, -0.2) is 4.39 Å². The first kappa shape index (κ1) is 14.3. The lowest BCUT2D eigenvalue weighted by atomic mass is 10.1. The first-order valence-electron chi connectivity index (χ1n) is 5.41. The highest BCUT2D eigenvalue weighted by molar-refractivity contribution is 9.10. The van der Waals surface area contributed by atoms with Crippen LogP contribution in [0.1, 0.15) is 10.4 Å². The fourth-order valence-electron chi connectivity index (χ4n) is 1.57. The zero-order valence-electron chi connectivity index (χ0n) is 9.99. The quantitative estimate of drug-likeness (QED) is 0.664. The van der Waals surface area contributed by atoms with Gasteiger partial charge in [0.1, 0.15) is 0 Å². The number of rotatable bonds is 3. The maximum absolute atomic E-state index is 13.6. The van der Waals surface area contributed by atoms with Gasteiger partial charge in [-0.1, -0.05) is 22.0 Å². The van der Waals surface area contributed by atoms with Crippen LogP contribution in [0.2, 0.25) is 0 Å². The molecule has 0 unspecified atom stereocenters. The van der Waals surface area contributed by atoms with E-state index in [0.717, 1.165) is 6.07 Å². The van der Waals surface area contributed by atoms with Gasteiger partial charge >= 0.3 is 0 Å². The molecule has 4 N–H and O–H groups in total. The molecule has 2 aromatic carbocycles. The maximum atomic E-state index is 13.6. The monoisotopic (exact) mass is 342 g/mol. The minimum absolute atomic E-state index is 0.0118. The Morgan fingerprint density at radius 3 is 2.55 bits per heavy atom. The lowest BCUT2D eigenvalue weighted by Crippen LogP contribution is -2.13. The number of nitrogen functional groups attached to an aromatic ring is 1. The molecule has 4 nitrogen and oxygen atoms in total. The Bertz CT molecular complexity index is 692. The molecule has 0 saturated carbocycles. The Morgan fingerprint density at radius 1 is 1.20 bits per heavy atom. The second-order valence-corrected chi connectivity index (χ2v) is 4.80. The van der Waals surface area contributed by atoms with Gasteiger partial charge in [-0.15, -0.1) is 0 Å². The number of hydrogen-bond acceptors (Lipinski definition) is 3. The Balaban J connectivity index is 2.46. The van der Waals surface area contributed by atoms with Gasteiger partial charge in [0, 0.05) is 4.47 Å². The number of carbonyl (C=O) groups excluding carboxylic acids is 1. The smallest absolute Gasteiger partial charge is 0.250 e. The predicted octanol–water partition coefficient (Wildman–Crippen LogP) is 3.20. The Labute approximate surface area is 121 Å². The van der Waals surface area contributed by atoms with Crippen LogP contribution in [0.3, 0.4) is 0 Å². The van der Waals surface area contributed by atoms with E-state index < -0.39 is 17.5 Å². The molecule has 104 valence electrons.